The van der Waals surface area contributed by atoms with Crippen molar-refractivity contribution < 1.29 is 14.3 Å². The summed E-state index contributed by atoms with van der Waals surface area (Å²) < 4.78 is 4.90. The molecule has 0 spiro atoms. The quantitative estimate of drug-likeness (QED) is 0.617. The largest absolute Gasteiger partial charge is 0.465 e. The summed E-state index contributed by atoms with van der Waals surface area (Å²) in [6.45, 7) is 3.44. The van der Waals surface area contributed by atoms with Crippen LogP contribution in [0.4, 0.5) is 0 Å². The van der Waals surface area contributed by atoms with Gasteiger partial charge in [-0.2, -0.15) is 0 Å². The van der Waals surface area contributed by atoms with Crippen LogP contribution in [0, 0.1) is 5.41 Å². The highest BCUT2D eigenvalue weighted by Crippen LogP contribution is 2.24. The molecule has 0 saturated carbocycles. The maximum Gasteiger partial charge on any atom is 0.321 e. The number of carbonyl (C=O) groups is 2. The molecule has 0 radical (unpaired) electrons. The van der Waals surface area contributed by atoms with Gasteiger partial charge in [0.05, 0.1) is 6.61 Å². The summed E-state index contributed by atoms with van der Waals surface area (Å²) in [5.74, 6) is -1.24. The van der Waals surface area contributed by atoms with E-state index in [1.54, 1.807) is 6.92 Å². The molecular formula is C13H17NO3. The molecule has 1 amide bonds. The van der Waals surface area contributed by atoms with Gasteiger partial charge in [0.15, 0.2) is 0 Å². The lowest BCUT2D eigenvalue weighted by atomic mass is 9.83. The third kappa shape index (κ3) is 3.06. The van der Waals surface area contributed by atoms with Gasteiger partial charge in [0.1, 0.15) is 5.41 Å². The fraction of sp³-hybridized carbons (Fsp3) is 0.385. The molecule has 0 heterocycles. The molecule has 0 bridgehead atoms. The molecule has 0 aliphatic rings. The fourth-order valence-corrected chi connectivity index (χ4v) is 1.55. The number of primary amides is 1. The summed E-state index contributed by atoms with van der Waals surface area (Å²) in [4.78, 5) is 23.3. The van der Waals surface area contributed by atoms with E-state index in [2.05, 4.69) is 0 Å². The van der Waals surface area contributed by atoms with Crippen LogP contribution in [-0.4, -0.2) is 18.5 Å². The van der Waals surface area contributed by atoms with Crippen LogP contribution in [0.2, 0.25) is 0 Å². The Kier molecular flexibility index (Phi) is 4.26. The second-order valence-electron chi connectivity index (χ2n) is 4.08. The molecule has 0 aromatic heterocycles. The van der Waals surface area contributed by atoms with Gasteiger partial charge in [-0.25, -0.2) is 0 Å². The molecule has 0 unspecified atom stereocenters. The van der Waals surface area contributed by atoms with Gasteiger partial charge in [0.2, 0.25) is 5.91 Å². The second-order valence-corrected chi connectivity index (χ2v) is 4.08. The van der Waals surface area contributed by atoms with E-state index in [4.69, 9.17) is 10.5 Å². The van der Waals surface area contributed by atoms with Crippen molar-refractivity contribution in [1.82, 2.24) is 0 Å². The Balaban J connectivity index is 2.93. The number of ether oxygens (including phenoxy) is 1. The third-order valence-electron chi connectivity index (χ3n) is 2.67. The van der Waals surface area contributed by atoms with Crippen LogP contribution < -0.4 is 5.73 Å². The summed E-state index contributed by atoms with van der Waals surface area (Å²) in [6.07, 6.45) is 0.252. The van der Waals surface area contributed by atoms with Gasteiger partial charge < -0.3 is 10.5 Å². The summed E-state index contributed by atoms with van der Waals surface area (Å²) in [7, 11) is 0. The fourth-order valence-electron chi connectivity index (χ4n) is 1.55. The number of carbonyl (C=O) groups excluding carboxylic acids is 2. The maximum absolute atomic E-state index is 11.8. The molecule has 1 atom stereocenters. The first kappa shape index (κ1) is 13.2. The van der Waals surface area contributed by atoms with Crippen LogP contribution in [0.1, 0.15) is 19.4 Å². The molecule has 4 nitrogen and oxygen atoms in total. The lowest BCUT2D eigenvalue weighted by molar-refractivity contribution is -0.158. The van der Waals surface area contributed by atoms with E-state index in [1.807, 2.05) is 30.3 Å². The van der Waals surface area contributed by atoms with Crippen LogP contribution in [0.3, 0.4) is 0 Å². The summed E-state index contributed by atoms with van der Waals surface area (Å²) in [6, 6.07) is 9.26. The van der Waals surface area contributed by atoms with Crippen LogP contribution in [-0.2, 0) is 20.7 Å². The SMILES string of the molecule is CCOC(=O)[C@@](C)(Cc1ccccc1)C(N)=O. The first-order valence-electron chi connectivity index (χ1n) is 5.51. The van der Waals surface area contributed by atoms with Crippen molar-refractivity contribution in [2.75, 3.05) is 6.61 Å². The van der Waals surface area contributed by atoms with Crippen LogP contribution in [0.15, 0.2) is 30.3 Å². The van der Waals surface area contributed by atoms with Crippen LogP contribution in [0.25, 0.3) is 0 Å². The van der Waals surface area contributed by atoms with Gasteiger partial charge in [-0.3, -0.25) is 9.59 Å². The summed E-state index contributed by atoms with van der Waals surface area (Å²) >= 11 is 0. The highest BCUT2D eigenvalue weighted by atomic mass is 16.5. The Morgan fingerprint density at radius 2 is 1.88 bits per heavy atom. The van der Waals surface area contributed by atoms with E-state index in [0.29, 0.717) is 0 Å². The molecule has 4 heteroatoms. The van der Waals surface area contributed by atoms with Gasteiger partial charge in [-0.05, 0) is 25.8 Å². The minimum Gasteiger partial charge on any atom is -0.465 e. The number of hydrogen-bond acceptors (Lipinski definition) is 3. The van der Waals surface area contributed by atoms with E-state index in [9.17, 15) is 9.59 Å². The van der Waals surface area contributed by atoms with Crippen molar-refractivity contribution in [3.63, 3.8) is 0 Å². The minimum atomic E-state index is -1.31. The number of rotatable bonds is 5. The number of hydrogen-bond donors (Lipinski definition) is 1. The van der Waals surface area contributed by atoms with Crippen LogP contribution >= 0.6 is 0 Å². The van der Waals surface area contributed by atoms with Crippen molar-refractivity contribution in [3.05, 3.63) is 35.9 Å². The first-order valence-corrected chi connectivity index (χ1v) is 5.51. The van der Waals surface area contributed by atoms with Crippen molar-refractivity contribution in [1.29, 1.82) is 0 Å². The topological polar surface area (TPSA) is 69.4 Å². The number of nitrogens with two attached hydrogens (primary N) is 1. The zero-order valence-corrected chi connectivity index (χ0v) is 10.1. The molecular weight excluding hydrogens is 218 g/mol. The molecule has 92 valence electrons. The van der Waals surface area contributed by atoms with Gasteiger partial charge in [-0.1, -0.05) is 30.3 Å². The summed E-state index contributed by atoms with van der Waals surface area (Å²) in [5.41, 5.74) is 4.88. The third-order valence-corrected chi connectivity index (χ3v) is 2.67. The zero-order valence-electron chi connectivity index (χ0n) is 10.1. The van der Waals surface area contributed by atoms with E-state index in [-0.39, 0.29) is 13.0 Å². The standard InChI is InChI=1S/C13H17NO3/c1-3-17-12(16)13(2,11(14)15)9-10-7-5-4-6-8-10/h4-8H,3,9H2,1-2H3,(H2,14,15)/t13-/m0/s1. The predicted octanol–water partition coefficient (Wildman–Crippen LogP) is 1.28. The molecule has 1 aromatic carbocycles. The summed E-state index contributed by atoms with van der Waals surface area (Å²) in [5, 5.41) is 0. The highest BCUT2D eigenvalue weighted by Gasteiger charge is 2.41. The molecule has 0 aliphatic carbocycles. The Bertz CT molecular complexity index is 402. The normalized spacial score (nSPS) is 13.8. The maximum atomic E-state index is 11.8. The first-order chi connectivity index (χ1) is 8.00. The molecule has 17 heavy (non-hydrogen) atoms. The number of amides is 1. The van der Waals surface area contributed by atoms with E-state index in [0.717, 1.165) is 5.56 Å². The average molecular weight is 235 g/mol. The van der Waals surface area contributed by atoms with Gasteiger partial charge in [0, 0.05) is 0 Å². The van der Waals surface area contributed by atoms with Gasteiger partial charge in [0.25, 0.3) is 0 Å². The predicted molar refractivity (Wildman–Crippen MR) is 64.1 cm³/mol. The van der Waals surface area contributed by atoms with Crippen molar-refractivity contribution in [2.45, 2.75) is 20.3 Å². The zero-order chi connectivity index (χ0) is 12.9. The second kappa shape index (κ2) is 5.48. The monoisotopic (exact) mass is 235 g/mol. The molecule has 0 saturated heterocycles. The molecule has 1 aromatic rings. The molecule has 0 fully saturated rings. The van der Waals surface area contributed by atoms with Crippen LogP contribution in [0.5, 0.6) is 0 Å². The number of benzene rings is 1. The smallest absolute Gasteiger partial charge is 0.321 e. The Morgan fingerprint density at radius 3 is 2.35 bits per heavy atom. The number of esters is 1. The molecule has 0 aliphatic heterocycles. The highest BCUT2D eigenvalue weighted by molar-refractivity contribution is 6.01. The van der Waals surface area contributed by atoms with E-state index in [1.165, 1.54) is 6.92 Å². The van der Waals surface area contributed by atoms with Crippen molar-refractivity contribution in [2.24, 2.45) is 11.1 Å². The van der Waals surface area contributed by atoms with Crippen molar-refractivity contribution >= 4 is 11.9 Å². The van der Waals surface area contributed by atoms with Crippen molar-refractivity contribution in [3.8, 4) is 0 Å². The molecule has 1 rings (SSSR count). The van der Waals surface area contributed by atoms with E-state index < -0.39 is 17.3 Å². The Labute approximate surface area is 101 Å². The minimum absolute atomic E-state index is 0.233. The van der Waals surface area contributed by atoms with Gasteiger partial charge in [-0.15, -0.1) is 0 Å². The van der Waals surface area contributed by atoms with Gasteiger partial charge >= 0.3 is 5.97 Å². The lowest BCUT2D eigenvalue weighted by Crippen LogP contribution is -2.44. The Hall–Kier alpha value is -1.84. The lowest BCUT2D eigenvalue weighted by Gasteiger charge is -2.23. The Morgan fingerprint density at radius 1 is 1.29 bits per heavy atom. The van der Waals surface area contributed by atoms with E-state index >= 15 is 0 Å². The molecule has 2 N–H and O–H groups in total. The average Bonchev–Trinajstić information content (AvgIpc) is 2.30.